The zero-order chi connectivity index (χ0) is 10.9. The van der Waals surface area contributed by atoms with Crippen LogP contribution in [0.2, 0.25) is 0 Å². The Hall–Kier alpha value is 0.0500. The molecular weight excluding hydrogens is 248 g/mol. The summed E-state index contributed by atoms with van der Waals surface area (Å²) < 4.78 is 22.6. The van der Waals surface area contributed by atoms with E-state index in [-0.39, 0.29) is 12.4 Å². The van der Waals surface area contributed by atoms with Crippen LogP contribution in [0, 0.1) is 0 Å². The van der Waals surface area contributed by atoms with Gasteiger partial charge in [0, 0.05) is 0 Å². The third kappa shape index (κ3) is 2.73. The molecule has 0 bridgehead atoms. The summed E-state index contributed by atoms with van der Waals surface area (Å²) in [6.07, 6.45) is 0. The molecule has 3 fully saturated rings. The van der Waals surface area contributed by atoms with Gasteiger partial charge in [0.1, 0.15) is 0 Å². The highest BCUT2D eigenvalue weighted by Crippen LogP contribution is 2.23. The molecule has 0 aliphatic carbocycles. The summed E-state index contributed by atoms with van der Waals surface area (Å²) in [5.41, 5.74) is 0. The molecule has 17 heavy (non-hydrogen) atoms. The second-order valence-electron chi connectivity index (χ2n) is 4.42. The van der Waals surface area contributed by atoms with E-state index in [1.54, 1.807) is 0 Å². The minimum atomic E-state index is -0.500. The van der Waals surface area contributed by atoms with Gasteiger partial charge in [0.25, 0.3) is 0 Å². The lowest BCUT2D eigenvalue weighted by Crippen LogP contribution is -2.60. The minimum Gasteiger partial charge on any atom is -0.345 e. The van der Waals surface area contributed by atoms with Crippen LogP contribution in [0.15, 0.2) is 0 Å². The molecule has 0 amide bonds. The van der Waals surface area contributed by atoms with E-state index in [1.165, 1.54) is 0 Å². The zero-order valence-corrected chi connectivity index (χ0v) is 10.5. The Morgan fingerprint density at radius 2 is 0.882 bits per heavy atom. The number of hydrogen-bond donors (Lipinski definition) is 2. The molecule has 0 aromatic carbocycles. The van der Waals surface area contributed by atoms with Crippen molar-refractivity contribution in [2.75, 3.05) is 52.6 Å². The van der Waals surface area contributed by atoms with Gasteiger partial charge in [-0.3, -0.25) is 0 Å². The van der Waals surface area contributed by atoms with E-state index in [4.69, 9.17) is 18.9 Å². The van der Waals surface area contributed by atoms with Crippen molar-refractivity contribution in [3.8, 4) is 0 Å². The molecule has 3 heterocycles. The first kappa shape index (κ1) is 13.5. The van der Waals surface area contributed by atoms with Crippen molar-refractivity contribution in [2.45, 2.75) is 11.6 Å². The fourth-order valence-corrected chi connectivity index (χ4v) is 2.41. The van der Waals surface area contributed by atoms with E-state index in [1.807, 2.05) is 0 Å². The van der Waals surface area contributed by atoms with E-state index >= 15 is 0 Å². The van der Waals surface area contributed by atoms with Gasteiger partial charge in [-0.1, -0.05) is 0 Å². The van der Waals surface area contributed by atoms with Gasteiger partial charge >= 0.3 is 0 Å². The first-order valence-corrected chi connectivity index (χ1v) is 5.80. The molecule has 2 spiro atoms. The fraction of sp³-hybridized carbons (Fsp3) is 1.00. The molecule has 3 aliphatic heterocycles. The Labute approximate surface area is 107 Å². The Morgan fingerprint density at radius 1 is 0.588 bits per heavy atom. The first-order valence-electron chi connectivity index (χ1n) is 5.80. The third-order valence-electron chi connectivity index (χ3n) is 3.20. The maximum Gasteiger partial charge on any atom is 0.193 e. The van der Waals surface area contributed by atoms with Crippen molar-refractivity contribution in [1.82, 2.24) is 10.6 Å². The molecular formula is C10H19ClN2O4. The predicted molar refractivity (Wildman–Crippen MR) is 62.3 cm³/mol. The number of nitrogens with one attached hydrogen (secondary N) is 2. The number of rotatable bonds is 0. The lowest BCUT2D eigenvalue weighted by Gasteiger charge is -2.36. The Kier molecular flexibility index (Phi) is 4.25. The van der Waals surface area contributed by atoms with Gasteiger partial charge in [-0.2, -0.15) is 0 Å². The molecule has 3 saturated heterocycles. The third-order valence-corrected chi connectivity index (χ3v) is 3.20. The topological polar surface area (TPSA) is 61.0 Å². The van der Waals surface area contributed by atoms with Crippen LogP contribution < -0.4 is 10.6 Å². The van der Waals surface area contributed by atoms with E-state index in [0.717, 1.165) is 0 Å². The Balaban J connectivity index is 0.00000108. The molecule has 3 rings (SSSR count). The SMILES string of the molecule is C1COC2(CNCC3(CNC2)OCCO3)O1.Cl. The average molecular weight is 267 g/mol. The highest BCUT2D eigenvalue weighted by Gasteiger charge is 2.43. The standard InChI is InChI=1S/C10H18N2O4.ClH/c1-2-14-9(13-1)5-11-7-10(8-12-6-9)15-3-4-16-10;/h11-12H,1-8H2;1H. The molecule has 100 valence electrons. The molecule has 0 radical (unpaired) electrons. The molecule has 6 nitrogen and oxygen atoms in total. The lowest BCUT2D eigenvalue weighted by molar-refractivity contribution is -0.186. The highest BCUT2D eigenvalue weighted by molar-refractivity contribution is 5.85. The van der Waals surface area contributed by atoms with Gasteiger partial charge in [-0.05, 0) is 0 Å². The molecule has 3 aliphatic rings. The van der Waals surface area contributed by atoms with Crippen LogP contribution >= 0.6 is 12.4 Å². The highest BCUT2D eigenvalue weighted by atomic mass is 35.5. The summed E-state index contributed by atoms with van der Waals surface area (Å²) in [5.74, 6) is -1.000. The van der Waals surface area contributed by atoms with Crippen LogP contribution in [-0.2, 0) is 18.9 Å². The second-order valence-corrected chi connectivity index (χ2v) is 4.42. The van der Waals surface area contributed by atoms with Crippen molar-refractivity contribution in [2.24, 2.45) is 0 Å². The van der Waals surface area contributed by atoms with Gasteiger partial charge in [0.05, 0.1) is 52.6 Å². The maximum absolute atomic E-state index is 5.64. The van der Waals surface area contributed by atoms with Gasteiger partial charge in [-0.25, -0.2) is 0 Å². The minimum absolute atomic E-state index is 0. The van der Waals surface area contributed by atoms with E-state index in [2.05, 4.69) is 10.6 Å². The van der Waals surface area contributed by atoms with Gasteiger partial charge < -0.3 is 29.6 Å². The van der Waals surface area contributed by atoms with Crippen molar-refractivity contribution in [3.05, 3.63) is 0 Å². The van der Waals surface area contributed by atoms with E-state index in [9.17, 15) is 0 Å². The van der Waals surface area contributed by atoms with E-state index in [0.29, 0.717) is 52.6 Å². The van der Waals surface area contributed by atoms with Crippen molar-refractivity contribution >= 4 is 12.4 Å². The molecule has 2 N–H and O–H groups in total. The maximum atomic E-state index is 5.64. The van der Waals surface area contributed by atoms with Gasteiger partial charge in [-0.15, -0.1) is 12.4 Å². The summed E-state index contributed by atoms with van der Waals surface area (Å²) in [7, 11) is 0. The summed E-state index contributed by atoms with van der Waals surface area (Å²) in [6, 6.07) is 0. The van der Waals surface area contributed by atoms with Crippen LogP contribution in [0.4, 0.5) is 0 Å². The summed E-state index contributed by atoms with van der Waals surface area (Å²) >= 11 is 0. The molecule has 0 aromatic heterocycles. The molecule has 7 heteroatoms. The number of hydrogen-bond acceptors (Lipinski definition) is 6. The smallest absolute Gasteiger partial charge is 0.193 e. The molecule has 0 aromatic rings. The largest absolute Gasteiger partial charge is 0.345 e. The summed E-state index contributed by atoms with van der Waals surface area (Å²) in [4.78, 5) is 0. The van der Waals surface area contributed by atoms with Crippen molar-refractivity contribution in [1.29, 1.82) is 0 Å². The normalized spacial score (nSPS) is 31.1. The van der Waals surface area contributed by atoms with Crippen LogP contribution in [0.1, 0.15) is 0 Å². The van der Waals surface area contributed by atoms with Crippen LogP contribution in [-0.4, -0.2) is 64.2 Å². The average Bonchev–Trinajstić information content (AvgIpc) is 2.87. The summed E-state index contributed by atoms with van der Waals surface area (Å²) in [5, 5.41) is 6.63. The molecule has 0 unspecified atom stereocenters. The predicted octanol–water partition coefficient (Wildman–Crippen LogP) is -0.913. The van der Waals surface area contributed by atoms with Gasteiger partial charge in [0.15, 0.2) is 11.6 Å². The lowest BCUT2D eigenvalue weighted by atomic mass is 10.2. The quantitative estimate of drug-likeness (QED) is 0.592. The Bertz CT molecular complexity index is 217. The van der Waals surface area contributed by atoms with Crippen LogP contribution in [0.3, 0.4) is 0 Å². The zero-order valence-electron chi connectivity index (χ0n) is 9.70. The monoisotopic (exact) mass is 266 g/mol. The van der Waals surface area contributed by atoms with Crippen molar-refractivity contribution < 1.29 is 18.9 Å². The van der Waals surface area contributed by atoms with Crippen LogP contribution in [0.25, 0.3) is 0 Å². The number of ether oxygens (including phenoxy) is 4. The molecule has 0 saturated carbocycles. The second kappa shape index (κ2) is 5.36. The first-order chi connectivity index (χ1) is 7.83. The fourth-order valence-electron chi connectivity index (χ4n) is 2.41. The van der Waals surface area contributed by atoms with Crippen molar-refractivity contribution in [3.63, 3.8) is 0 Å². The van der Waals surface area contributed by atoms with Gasteiger partial charge in [0.2, 0.25) is 0 Å². The van der Waals surface area contributed by atoms with Crippen LogP contribution in [0.5, 0.6) is 0 Å². The van der Waals surface area contributed by atoms with E-state index < -0.39 is 11.6 Å². The molecule has 0 atom stereocenters. The number of halogens is 1. The Morgan fingerprint density at radius 3 is 1.18 bits per heavy atom. The summed E-state index contributed by atoms with van der Waals surface area (Å²) in [6.45, 7) is 5.32.